The monoisotopic (exact) mass is 628 g/mol. The minimum absolute atomic E-state index is 0.205. The van der Waals surface area contributed by atoms with Crippen LogP contribution in [-0.4, -0.2) is 0 Å². The van der Waals surface area contributed by atoms with E-state index in [0.29, 0.717) is 0 Å². The Kier molecular flexibility index (Phi) is 9.21. The Bertz CT molecular complexity index is 1890. The van der Waals surface area contributed by atoms with E-state index in [1.54, 1.807) is 0 Å². The first-order valence-electron chi connectivity index (χ1n) is 16.1. The van der Waals surface area contributed by atoms with Crippen molar-refractivity contribution in [2.75, 3.05) is 0 Å². The van der Waals surface area contributed by atoms with E-state index in [-0.39, 0.29) is 10.8 Å². The number of fused-ring (bicyclic) bond motifs is 1. The van der Waals surface area contributed by atoms with Crippen LogP contribution in [0.4, 0.5) is 0 Å². The summed E-state index contributed by atoms with van der Waals surface area (Å²) in [5, 5.41) is 8.10. The summed E-state index contributed by atoms with van der Waals surface area (Å²) in [5.74, 6) is 0. The van der Waals surface area contributed by atoms with Crippen molar-refractivity contribution < 1.29 is 0 Å². The van der Waals surface area contributed by atoms with Gasteiger partial charge in [-0.2, -0.15) is 0 Å². The van der Waals surface area contributed by atoms with Gasteiger partial charge in [0.2, 0.25) is 0 Å². The molecule has 224 valence electrons. The molecule has 7 rings (SSSR count). The average Bonchev–Trinajstić information content (AvgIpc) is 3.13. The Balaban J connectivity index is 1.52. The second kappa shape index (κ2) is 14.0. The highest BCUT2D eigenvalue weighted by Crippen LogP contribution is 2.64. The lowest BCUT2D eigenvalue weighted by Crippen LogP contribution is -2.33. The van der Waals surface area contributed by atoms with Gasteiger partial charge in [-0.25, -0.2) is 0 Å². The molecule has 0 aromatic heterocycles. The van der Waals surface area contributed by atoms with E-state index in [4.69, 9.17) is 0 Å². The largest absolute Gasteiger partial charge is 0.0622 e. The van der Waals surface area contributed by atoms with Crippen molar-refractivity contribution >= 4 is 47.8 Å². The summed E-state index contributed by atoms with van der Waals surface area (Å²) in [6, 6.07) is 72.3. The van der Waals surface area contributed by atoms with Crippen LogP contribution in [0.5, 0.6) is 0 Å². The molecule has 0 nitrogen and oxygen atoms in total. The van der Waals surface area contributed by atoms with Gasteiger partial charge in [-0.15, -0.1) is 0 Å². The Labute approximate surface area is 276 Å². The second-order valence-corrected chi connectivity index (χ2v) is 17.1. The van der Waals surface area contributed by atoms with Crippen molar-refractivity contribution in [3.63, 3.8) is 0 Å². The first kappa shape index (κ1) is 30.3. The number of rotatable bonds is 10. The van der Waals surface area contributed by atoms with E-state index in [1.165, 1.54) is 43.1 Å². The van der Waals surface area contributed by atoms with Gasteiger partial charge < -0.3 is 0 Å². The fourth-order valence-corrected chi connectivity index (χ4v) is 13.3. The lowest BCUT2D eigenvalue weighted by atomic mass is 9.89. The Morgan fingerprint density at radius 2 is 0.848 bits per heavy atom. The smallest absolute Gasteiger partial charge is 0.0222 e. The molecule has 0 bridgehead atoms. The van der Waals surface area contributed by atoms with E-state index in [0.717, 1.165) is 6.42 Å². The summed E-state index contributed by atoms with van der Waals surface area (Å²) < 4.78 is 0. The molecule has 7 aromatic carbocycles. The number of benzene rings is 7. The molecule has 0 aliphatic rings. The third kappa shape index (κ3) is 6.22. The van der Waals surface area contributed by atoms with Crippen LogP contribution in [0.1, 0.15) is 30.1 Å². The summed E-state index contributed by atoms with van der Waals surface area (Å²) in [4.78, 5) is 0. The average molecular weight is 629 g/mol. The van der Waals surface area contributed by atoms with Gasteiger partial charge in [0.05, 0.1) is 0 Å². The molecule has 0 saturated carbocycles. The lowest BCUT2D eigenvalue weighted by Gasteiger charge is -2.44. The molecule has 0 saturated heterocycles. The highest BCUT2D eigenvalue weighted by atomic mass is 31.1. The molecule has 0 amide bonds. The highest BCUT2D eigenvalue weighted by Gasteiger charge is 2.43. The third-order valence-electron chi connectivity index (χ3n) is 9.05. The quantitative estimate of drug-likeness (QED) is 0.132. The van der Waals surface area contributed by atoms with Gasteiger partial charge in [0.1, 0.15) is 0 Å². The van der Waals surface area contributed by atoms with Crippen LogP contribution in [0.15, 0.2) is 194 Å². The molecule has 0 aliphatic heterocycles. The summed E-state index contributed by atoms with van der Waals surface area (Å²) in [6.45, 7) is 2.57. The minimum Gasteiger partial charge on any atom is -0.0622 e. The maximum absolute atomic E-state index is 2.57. The van der Waals surface area contributed by atoms with E-state index >= 15 is 0 Å². The Hall–Kier alpha value is -4.34. The SMILES string of the molecule is CC(CC(c1ccccc1)P(c1ccccc1)c1ccccc1)(c1cccc2ccccc12)P(c1ccccc1)c1ccccc1. The summed E-state index contributed by atoms with van der Waals surface area (Å²) in [6.07, 6.45) is 0.996. The van der Waals surface area contributed by atoms with Crippen molar-refractivity contribution in [3.8, 4) is 0 Å². The summed E-state index contributed by atoms with van der Waals surface area (Å²) in [5.41, 5.74) is 3.12. The number of hydrogen-bond acceptors (Lipinski definition) is 0. The zero-order valence-corrected chi connectivity index (χ0v) is 27.9. The Morgan fingerprint density at radius 1 is 0.435 bits per heavy atom. The molecule has 0 radical (unpaired) electrons. The van der Waals surface area contributed by atoms with Crippen LogP contribution in [0.2, 0.25) is 0 Å². The van der Waals surface area contributed by atoms with Gasteiger partial charge in [-0.3, -0.25) is 0 Å². The van der Waals surface area contributed by atoms with Crippen molar-refractivity contribution in [3.05, 3.63) is 205 Å². The zero-order chi connectivity index (χ0) is 31.2. The molecule has 7 aromatic rings. The maximum Gasteiger partial charge on any atom is 0.0222 e. The van der Waals surface area contributed by atoms with Crippen LogP contribution in [0.3, 0.4) is 0 Å². The zero-order valence-electron chi connectivity index (χ0n) is 26.2. The molecule has 2 atom stereocenters. The maximum atomic E-state index is 2.57. The van der Waals surface area contributed by atoms with E-state index < -0.39 is 15.8 Å². The van der Waals surface area contributed by atoms with Crippen LogP contribution in [-0.2, 0) is 5.16 Å². The molecule has 2 heteroatoms. The van der Waals surface area contributed by atoms with Crippen molar-refractivity contribution in [1.82, 2.24) is 0 Å². The van der Waals surface area contributed by atoms with Crippen molar-refractivity contribution in [1.29, 1.82) is 0 Å². The number of hydrogen-bond donors (Lipinski definition) is 0. The highest BCUT2D eigenvalue weighted by molar-refractivity contribution is 7.74. The van der Waals surface area contributed by atoms with Crippen LogP contribution in [0, 0.1) is 0 Å². The molecule has 2 unspecified atom stereocenters. The Morgan fingerprint density at radius 3 is 1.37 bits per heavy atom. The first-order chi connectivity index (χ1) is 22.7. The normalized spacial score (nSPS) is 13.5. The van der Waals surface area contributed by atoms with Gasteiger partial charge in [0.25, 0.3) is 0 Å². The van der Waals surface area contributed by atoms with Crippen molar-refractivity contribution in [2.24, 2.45) is 0 Å². The third-order valence-corrected chi connectivity index (χ3v) is 14.9. The van der Waals surface area contributed by atoms with Crippen LogP contribution < -0.4 is 21.2 Å². The van der Waals surface area contributed by atoms with Gasteiger partial charge >= 0.3 is 0 Å². The van der Waals surface area contributed by atoms with Gasteiger partial charge in [0.15, 0.2) is 0 Å². The molecule has 0 fully saturated rings. The van der Waals surface area contributed by atoms with Gasteiger partial charge in [0, 0.05) is 10.8 Å². The predicted molar refractivity (Wildman–Crippen MR) is 203 cm³/mol. The predicted octanol–water partition coefficient (Wildman–Crippen LogP) is 10.5. The fraction of sp³-hybridized carbons (Fsp3) is 0.0909. The van der Waals surface area contributed by atoms with Gasteiger partial charge in [-0.1, -0.05) is 201 Å². The minimum atomic E-state index is -0.821. The van der Waals surface area contributed by atoms with E-state index in [9.17, 15) is 0 Å². The molecule has 0 N–H and O–H groups in total. The molecular weight excluding hydrogens is 590 g/mol. The van der Waals surface area contributed by atoms with E-state index in [1.807, 2.05) is 0 Å². The second-order valence-electron chi connectivity index (χ2n) is 12.0. The topological polar surface area (TPSA) is 0 Å². The van der Waals surface area contributed by atoms with Crippen LogP contribution >= 0.6 is 15.8 Å². The molecule has 0 aliphatic carbocycles. The van der Waals surface area contributed by atoms with Crippen LogP contribution in [0.25, 0.3) is 10.8 Å². The summed E-state index contributed by atoms with van der Waals surface area (Å²) >= 11 is 0. The molecular formula is C44H38P2. The fourth-order valence-electron chi connectivity index (χ4n) is 6.99. The molecule has 46 heavy (non-hydrogen) atoms. The standard InChI is InChI=1S/C44H38P2/c1-44(42-33-19-23-35-20-17-18-32-41(35)42,46(39-28-13-5-14-29-39)40-30-15-6-16-31-40)34-43(36-21-7-2-8-22-36)45(37-24-9-3-10-25-37)38-26-11-4-12-27-38/h2-33,43H,34H2,1H3. The van der Waals surface area contributed by atoms with Gasteiger partial charge in [-0.05, 0) is 65.4 Å². The summed E-state index contributed by atoms with van der Waals surface area (Å²) in [7, 11) is -1.56. The van der Waals surface area contributed by atoms with E-state index in [2.05, 4.69) is 201 Å². The molecule has 0 heterocycles. The first-order valence-corrected chi connectivity index (χ1v) is 18.8. The van der Waals surface area contributed by atoms with Crippen molar-refractivity contribution in [2.45, 2.75) is 24.2 Å². The molecule has 0 spiro atoms. The lowest BCUT2D eigenvalue weighted by molar-refractivity contribution is 0.606.